The Morgan fingerprint density at radius 3 is 3.11 bits per heavy atom. The third-order valence-electron chi connectivity index (χ3n) is 3.92. The van der Waals surface area contributed by atoms with Gasteiger partial charge < -0.3 is 10.7 Å². The van der Waals surface area contributed by atoms with Gasteiger partial charge in [-0.05, 0) is 51.1 Å². The summed E-state index contributed by atoms with van der Waals surface area (Å²) in [4.78, 5) is 10.1. The smallest absolute Gasteiger partial charge is 0.104 e. The van der Waals surface area contributed by atoms with Gasteiger partial charge in [-0.1, -0.05) is 6.07 Å². The lowest BCUT2D eigenvalue weighted by atomic mass is 9.92. The molecule has 4 heteroatoms. The Morgan fingerprint density at radius 2 is 2.28 bits per heavy atom. The first-order valence-corrected chi connectivity index (χ1v) is 6.55. The zero-order chi connectivity index (χ0) is 12.7. The van der Waals surface area contributed by atoms with Crippen LogP contribution in [0.3, 0.4) is 0 Å². The van der Waals surface area contributed by atoms with Gasteiger partial charge in [0.05, 0.1) is 11.0 Å². The highest BCUT2D eigenvalue weighted by Crippen LogP contribution is 2.30. The second-order valence-corrected chi connectivity index (χ2v) is 5.38. The first-order valence-electron chi connectivity index (χ1n) is 6.55. The topological polar surface area (TPSA) is 57.9 Å². The summed E-state index contributed by atoms with van der Waals surface area (Å²) in [6.45, 7) is 3.06. The highest BCUT2D eigenvalue weighted by atomic mass is 15.1. The minimum Gasteiger partial charge on any atom is -0.342 e. The van der Waals surface area contributed by atoms with Gasteiger partial charge in [-0.3, -0.25) is 4.90 Å². The third kappa shape index (κ3) is 2.02. The molecule has 1 aromatic heterocycles. The molecule has 1 saturated heterocycles. The lowest BCUT2D eigenvalue weighted by molar-refractivity contribution is 0.171. The molecule has 96 valence electrons. The summed E-state index contributed by atoms with van der Waals surface area (Å²) in [6, 6.07) is 7.26. The van der Waals surface area contributed by atoms with Crippen molar-refractivity contribution in [3.05, 3.63) is 29.6 Å². The number of nitrogens with zero attached hydrogens (tertiary/aromatic N) is 2. The maximum absolute atomic E-state index is 6.09. The van der Waals surface area contributed by atoms with Crippen LogP contribution in [0.5, 0.6) is 0 Å². The molecule has 0 radical (unpaired) electrons. The highest BCUT2D eigenvalue weighted by molar-refractivity contribution is 5.76. The molecule has 1 aromatic carbocycles. The van der Waals surface area contributed by atoms with E-state index in [0.29, 0.717) is 12.1 Å². The quantitative estimate of drug-likeness (QED) is 0.806. The maximum Gasteiger partial charge on any atom is 0.104 e. The molecule has 2 unspecified atom stereocenters. The van der Waals surface area contributed by atoms with E-state index in [1.807, 2.05) is 6.92 Å². The van der Waals surface area contributed by atoms with Gasteiger partial charge in [0.1, 0.15) is 5.82 Å². The Morgan fingerprint density at radius 1 is 1.44 bits per heavy atom. The van der Waals surface area contributed by atoms with E-state index < -0.39 is 0 Å². The number of aromatic nitrogens is 2. The number of aromatic amines is 1. The second kappa shape index (κ2) is 4.37. The summed E-state index contributed by atoms with van der Waals surface area (Å²) < 4.78 is 0. The van der Waals surface area contributed by atoms with Crippen molar-refractivity contribution in [1.29, 1.82) is 0 Å². The molecule has 3 rings (SSSR count). The number of fused-ring (bicyclic) bond motifs is 1. The number of hydrogen-bond acceptors (Lipinski definition) is 3. The maximum atomic E-state index is 6.09. The molecule has 0 saturated carbocycles. The Labute approximate surface area is 107 Å². The van der Waals surface area contributed by atoms with Gasteiger partial charge in [0.2, 0.25) is 0 Å². The molecule has 0 spiro atoms. The lowest BCUT2D eigenvalue weighted by Gasteiger charge is -2.36. The molecule has 18 heavy (non-hydrogen) atoms. The minimum atomic E-state index is 0.324. The van der Waals surface area contributed by atoms with E-state index in [-0.39, 0.29) is 0 Å². The number of piperidine rings is 1. The van der Waals surface area contributed by atoms with Crippen LogP contribution >= 0.6 is 0 Å². The molecular weight excluding hydrogens is 224 g/mol. The van der Waals surface area contributed by atoms with Crippen LogP contribution in [-0.4, -0.2) is 34.5 Å². The number of imidazole rings is 1. The summed E-state index contributed by atoms with van der Waals surface area (Å²) in [6.07, 6.45) is 2.13. The van der Waals surface area contributed by atoms with E-state index >= 15 is 0 Å². The van der Waals surface area contributed by atoms with E-state index in [9.17, 15) is 0 Å². The predicted molar refractivity (Wildman–Crippen MR) is 73.4 cm³/mol. The number of benzene rings is 1. The average Bonchev–Trinajstić information content (AvgIpc) is 2.71. The molecule has 2 atom stereocenters. The molecule has 0 amide bonds. The second-order valence-electron chi connectivity index (χ2n) is 5.38. The SMILES string of the molecule is Cc1nc2ccc(C3CC(N)CCN3C)cc2[nH]1. The number of H-pyrrole nitrogens is 1. The van der Waals surface area contributed by atoms with Gasteiger partial charge in [0.15, 0.2) is 0 Å². The molecule has 0 bridgehead atoms. The van der Waals surface area contributed by atoms with Crippen LogP contribution in [0.1, 0.15) is 30.3 Å². The van der Waals surface area contributed by atoms with Crippen LogP contribution < -0.4 is 5.73 Å². The van der Waals surface area contributed by atoms with Gasteiger partial charge in [0.25, 0.3) is 0 Å². The molecular formula is C14H20N4. The van der Waals surface area contributed by atoms with E-state index in [2.05, 4.69) is 40.1 Å². The first-order chi connectivity index (χ1) is 8.63. The summed E-state index contributed by atoms with van der Waals surface area (Å²) in [7, 11) is 2.18. The van der Waals surface area contributed by atoms with Crippen molar-refractivity contribution >= 4 is 11.0 Å². The summed E-state index contributed by atoms with van der Waals surface area (Å²) >= 11 is 0. The standard InChI is InChI=1S/C14H20N4/c1-9-16-12-4-3-10(7-13(12)17-9)14-8-11(15)5-6-18(14)2/h3-4,7,11,14H,5-6,8,15H2,1-2H3,(H,16,17). The first kappa shape index (κ1) is 11.7. The fourth-order valence-electron chi connectivity index (χ4n) is 2.86. The van der Waals surface area contributed by atoms with Crippen molar-refractivity contribution < 1.29 is 0 Å². The fourth-order valence-corrected chi connectivity index (χ4v) is 2.86. The Bertz CT molecular complexity index is 560. The Kier molecular flexibility index (Phi) is 2.84. The van der Waals surface area contributed by atoms with Gasteiger partial charge in [-0.25, -0.2) is 4.98 Å². The van der Waals surface area contributed by atoms with Gasteiger partial charge >= 0.3 is 0 Å². The van der Waals surface area contributed by atoms with Crippen molar-refractivity contribution in [2.75, 3.05) is 13.6 Å². The fraction of sp³-hybridized carbons (Fsp3) is 0.500. The number of rotatable bonds is 1. The van der Waals surface area contributed by atoms with Crippen LogP contribution in [0.15, 0.2) is 18.2 Å². The Balaban J connectivity index is 1.97. The minimum absolute atomic E-state index is 0.324. The van der Waals surface area contributed by atoms with E-state index in [0.717, 1.165) is 36.2 Å². The number of nitrogens with two attached hydrogens (primary N) is 1. The van der Waals surface area contributed by atoms with Crippen LogP contribution in [0.2, 0.25) is 0 Å². The molecule has 2 heterocycles. The monoisotopic (exact) mass is 244 g/mol. The van der Waals surface area contributed by atoms with E-state index in [1.54, 1.807) is 0 Å². The molecule has 3 N–H and O–H groups in total. The Hall–Kier alpha value is -1.39. The van der Waals surface area contributed by atoms with Gasteiger partial charge in [-0.2, -0.15) is 0 Å². The summed E-state index contributed by atoms with van der Waals surface area (Å²) in [5.74, 6) is 0.968. The lowest BCUT2D eigenvalue weighted by Crippen LogP contribution is -2.39. The van der Waals surface area contributed by atoms with Crippen molar-refractivity contribution in [1.82, 2.24) is 14.9 Å². The van der Waals surface area contributed by atoms with Crippen LogP contribution in [-0.2, 0) is 0 Å². The molecule has 4 nitrogen and oxygen atoms in total. The van der Waals surface area contributed by atoms with Gasteiger partial charge in [-0.15, -0.1) is 0 Å². The summed E-state index contributed by atoms with van der Waals surface area (Å²) in [5, 5.41) is 0. The molecule has 1 aliphatic heterocycles. The number of aryl methyl sites for hydroxylation is 1. The van der Waals surface area contributed by atoms with Crippen molar-refractivity contribution in [2.24, 2.45) is 5.73 Å². The summed E-state index contributed by atoms with van der Waals surface area (Å²) in [5.41, 5.74) is 9.59. The number of nitrogens with one attached hydrogen (secondary N) is 1. The zero-order valence-corrected chi connectivity index (χ0v) is 11.0. The highest BCUT2D eigenvalue weighted by Gasteiger charge is 2.25. The van der Waals surface area contributed by atoms with E-state index in [4.69, 9.17) is 5.73 Å². The van der Waals surface area contributed by atoms with E-state index in [1.165, 1.54) is 5.56 Å². The largest absolute Gasteiger partial charge is 0.342 e. The van der Waals surface area contributed by atoms with Crippen LogP contribution in [0, 0.1) is 6.92 Å². The van der Waals surface area contributed by atoms with Crippen molar-refractivity contribution in [3.8, 4) is 0 Å². The molecule has 1 aliphatic rings. The number of hydrogen-bond donors (Lipinski definition) is 2. The van der Waals surface area contributed by atoms with Crippen LogP contribution in [0.25, 0.3) is 11.0 Å². The zero-order valence-electron chi connectivity index (χ0n) is 11.0. The van der Waals surface area contributed by atoms with Crippen molar-refractivity contribution in [2.45, 2.75) is 31.8 Å². The number of likely N-dealkylation sites (tertiary alicyclic amines) is 1. The average molecular weight is 244 g/mol. The van der Waals surface area contributed by atoms with Crippen LogP contribution in [0.4, 0.5) is 0 Å². The van der Waals surface area contributed by atoms with Crippen molar-refractivity contribution in [3.63, 3.8) is 0 Å². The molecule has 2 aromatic rings. The third-order valence-corrected chi connectivity index (χ3v) is 3.92. The molecule has 0 aliphatic carbocycles. The normalized spacial score (nSPS) is 25.7. The predicted octanol–water partition coefficient (Wildman–Crippen LogP) is 1.97. The molecule has 1 fully saturated rings. The van der Waals surface area contributed by atoms with Gasteiger partial charge in [0, 0.05) is 12.1 Å².